The predicted octanol–water partition coefficient (Wildman–Crippen LogP) is 2.46. The van der Waals surface area contributed by atoms with Gasteiger partial charge in [-0.1, -0.05) is 37.4 Å². The molecule has 0 spiro atoms. The quantitative estimate of drug-likeness (QED) is 0.494. The molecule has 64 valence electrons. The number of rotatable bonds is 1. The summed E-state index contributed by atoms with van der Waals surface area (Å²) in [7, 11) is 0. The van der Waals surface area contributed by atoms with Crippen molar-refractivity contribution in [3.63, 3.8) is 0 Å². The Bertz CT molecular complexity index is 227. The molecule has 0 atom stereocenters. The van der Waals surface area contributed by atoms with Crippen LogP contribution in [-0.2, 0) is 0 Å². The van der Waals surface area contributed by atoms with E-state index in [4.69, 9.17) is 10.2 Å². The summed E-state index contributed by atoms with van der Waals surface area (Å²) in [5.74, 6) is -0.153. The normalized spacial score (nSPS) is 7.67. The van der Waals surface area contributed by atoms with Crippen LogP contribution < -0.4 is 0 Å². The van der Waals surface area contributed by atoms with Crippen molar-refractivity contribution in [1.82, 2.24) is 0 Å². The standard InChI is InChI=1S/C6H6O2.C4H6/c7-5-3-1-2-4-6(5)8;1-3-4-2/h1-4,7-8H;3-4H,1-2H2. The number of phenols is 2. The lowest BCUT2D eigenvalue weighted by Crippen LogP contribution is -1.63. The molecule has 0 saturated carbocycles. The average molecular weight is 164 g/mol. The van der Waals surface area contributed by atoms with E-state index in [0.717, 1.165) is 0 Å². The molecule has 0 amide bonds. The highest BCUT2D eigenvalue weighted by Gasteiger charge is 1.90. The highest BCUT2D eigenvalue weighted by Crippen LogP contribution is 2.21. The SMILES string of the molecule is C=CC=C.Oc1ccccc1O. The largest absolute Gasteiger partial charge is 0.504 e. The molecule has 1 rings (SSSR count). The molecular weight excluding hydrogens is 152 g/mol. The molecule has 0 bridgehead atoms. The third-order valence-electron chi connectivity index (χ3n) is 1.05. The number of phenolic OH excluding ortho intramolecular Hbond substituents is 2. The van der Waals surface area contributed by atoms with Crippen LogP contribution in [0.15, 0.2) is 49.6 Å². The monoisotopic (exact) mass is 164 g/mol. The Labute approximate surface area is 72.1 Å². The van der Waals surface area contributed by atoms with E-state index in [0.29, 0.717) is 0 Å². The van der Waals surface area contributed by atoms with Gasteiger partial charge < -0.3 is 10.2 Å². The van der Waals surface area contributed by atoms with Crippen molar-refractivity contribution < 1.29 is 10.2 Å². The molecule has 0 aliphatic rings. The molecule has 0 aliphatic heterocycles. The topological polar surface area (TPSA) is 40.5 Å². The second kappa shape index (κ2) is 6.04. The number of aromatic hydroxyl groups is 2. The Morgan fingerprint density at radius 2 is 1.25 bits per heavy atom. The summed E-state index contributed by atoms with van der Waals surface area (Å²) < 4.78 is 0. The van der Waals surface area contributed by atoms with Crippen LogP contribution >= 0.6 is 0 Å². The van der Waals surface area contributed by atoms with Gasteiger partial charge in [0.15, 0.2) is 11.5 Å². The second-order valence-electron chi connectivity index (χ2n) is 1.96. The summed E-state index contributed by atoms with van der Waals surface area (Å²) in [4.78, 5) is 0. The van der Waals surface area contributed by atoms with Crippen molar-refractivity contribution in [3.05, 3.63) is 49.6 Å². The van der Waals surface area contributed by atoms with Crippen molar-refractivity contribution in [2.75, 3.05) is 0 Å². The molecule has 2 nitrogen and oxygen atoms in total. The lowest BCUT2D eigenvalue weighted by Gasteiger charge is -1.91. The van der Waals surface area contributed by atoms with Gasteiger partial charge in [0.2, 0.25) is 0 Å². The summed E-state index contributed by atoms with van der Waals surface area (Å²) in [5, 5.41) is 17.3. The van der Waals surface area contributed by atoms with Crippen molar-refractivity contribution in [3.8, 4) is 11.5 Å². The number of hydrogen-bond acceptors (Lipinski definition) is 2. The number of benzene rings is 1. The van der Waals surface area contributed by atoms with E-state index in [1.807, 2.05) is 0 Å². The molecule has 2 N–H and O–H groups in total. The maximum absolute atomic E-state index is 8.67. The lowest BCUT2D eigenvalue weighted by molar-refractivity contribution is 0.404. The summed E-state index contributed by atoms with van der Waals surface area (Å²) >= 11 is 0. The average Bonchev–Trinajstić information content (AvgIpc) is 2.11. The Morgan fingerprint density at radius 3 is 1.42 bits per heavy atom. The minimum Gasteiger partial charge on any atom is -0.504 e. The van der Waals surface area contributed by atoms with Gasteiger partial charge in [-0.3, -0.25) is 0 Å². The summed E-state index contributed by atoms with van der Waals surface area (Å²) in [6, 6.07) is 6.15. The van der Waals surface area contributed by atoms with E-state index in [1.54, 1.807) is 24.3 Å². The van der Waals surface area contributed by atoms with Crippen molar-refractivity contribution in [2.45, 2.75) is 0 Å². The van der Waals surface area contributed by atoms with Crippen molar-refractivity contribution >= 4 is 0 Å². The van der Waals surface area contributed by atoms with Crippen LogP contribution in [0.3, 0.4) is 0 Å². The summed E-state index contributed by atoms with van der Waals surface area (Å²) in [6.45, 7) is 6.72. The van der Waals surface area contributed by atoms with Gasteiger partial charge in [-0.2, -0.15) is 0 Å². The Morgan fingerprint density at radius 1 is 0.917 bits per heavy atom. The maximum Gasteiger partial charge on any atom is 0.157 e. The molecule has 1 aromatic carbocycles. The van der Waals surface area contributed by atoms with E-state index in [9.17, 15) is 0 Å². The number of allylic oxidation sites excluding steroid dienone is 2. The van der Waals surface area contributed by atoms with Gasteiger partial charge >= 0.3 is 0 Å². The van der Waals surface area contributed by atoms with Gasteiger partial charge in [-0.15, -0.1) is 0 Å². The Hall–Kier alpha value is -1.70. The molecule has 1 aromatic rings. The first-order valence-corrected chi connectivity index (χ1v) is 3.42. The fourth-order valence-electron chi connectivity index (χ4n) is 0.464. The molecule has 12 heavy (non-hydrogen) atoms. The zero-order valence-corrected chi connectivity index (χ0v) is 6.77. The highest BCUT2D eigenvalue weighted by atomic mass is 16.3. The first kappa shape index (κ1) is 10.3. The minimum absolute atomic E-state index is 0.0764. The predicted molar refractivity (Wildman–Crippen MR) is 50.2 cm³/mol. The van der Waals surface area contributed by atoms with Gasteiger partial charge in [0.25, 0.3) is 0 Å². The van der Waals surface area contributed by atoms with E-state index in [2.05, 4.69) is 13.2 Å². The van der Waals surface area contributed by atoms with E-state index in [-0.39, 0.29) is 11.5 Å². The maximum atomic E-state index is 8.67. The molecular formula is C10H12O2. The van der Waals surface area contributed by atoms with Crippen LogP contribution in [-0.4, -0.2) is 10.2 Å². The van der Waals surface area contributed by atoms with Crippen molar-refractivity contribution in [1.29, 1.82) is 0 Å². The van der Waals surface area contributed by atoms with Gasteiger partial charge in [-0.25, -0.2) is 0 Å². The zero-order valence-electron chi connectivity index (χ0n) is 6.77. The molecule has 0 fully saturated rings. The van der Waals surface area contributed by atoms with Crippen LogP contribution in [0.1, 0.15) is 0 Å². The van der Waals surface area contributed by atoms with Gasteiger partial charge in [-0.05, 0) is 12.1 Å². The van der Waals surface area contributed by atoms with E-state index < -0.39 is 0 Å². The fourth-order valence-corrected chi connectivity index (χ4v) is 0.464. The Balaban J connectivity index is 0.000000261. The molecule has 0 aliphatic carbocycles. The molecule has 0 radical (unpaired) electrons. The fraction of sp³-hybridized carbons (Fsp3) is 0. The van der Waals surface area contributed by atoms with Gasteiger partial charge in [0, 0.05) is 0 Å². The van der Waals surface area contributed by atoms with Crippen LogP contribution in [0, 0.1) is 0 Å². The highest BCUT2D eigenvalue weighted by molar-refractivity contribution is 5.36. The molecule has 0 aromatic heterocycles. The van der Waals surface area contributed by atoms with Crippen LogP contribution in [0.4, 0.5) is 0 Å². The van der Waals surface area contributed by atoms with Gasteiger partial charge in [0.1, 0.15) is 0 Å². The van der Waals surface area contributed by atoms with E-state index >= 15 is 0 Å². The van der Waals surface area contributed by atoms with Gasteiger partial charge in [0.05, 0.1) is 0 Å². The molecule has 0 saturated heterocycles. The summed E-state index contributed by atoms with van der Waals surface area (Å²) in [6.07, 6.45) is 3.28. The van der Waals surface area contributed by atoms with Crippen LogP contribution in [0.25, 0.3) is 0 Å². The van der Waals surface area contributed by atoms with Crippen LogP contribution in [0.2, 0.25) is 0 Å². The Kier molecular flexibility index (Phi) is 5.18. The first-order chi connectivity index (χ1) is 5.72. The first-order valence-electron chi connectivity index (χ1n) is 3.42. The molecule has 0 unspecified atom stereocenters. The van der Waals surface area contributed by atoms with Crippen molar-refractivity contribution in [2.24, 2.45) is 0 Å². The third kappa shape index (κ3) is 4.17. The lowest BCUT2D eigenvalue weighted by atomic mass is 10.3. The van der Waals surface area contributed by atoms with Crippen LogP contribution in [0.5, 0.6) is 11.5 Å². The summed E-state index contributed by atoms with van der Waals surface area (Å²) in [5.41, 5.74) is 0. The number of para-hydroxylation sites is 2. The molecule has 2 heteroatoms. The second-order valence-corrected chi connectivity index (χ2v) is 1.96. The zero-order chi connectivity index (χ0) is 9.40. The third-order valence-corrected chi connectivity index (χ3v) is 1.05. The molecule has 0 heterocycles. The van der Waals surface area contributed by atoms with E-state index in [1.165, 1.54) is 12.1 Å². The minimum atomic E-state index is -0.0764. The smallest absolute Gasteiger partial charge is 0.157 e. The number of hydrogen-bond donors (Lipinski definition) is 2.